The molecule has 0 atom stereocenters. The van der Waals surface area contributed by atoms with Crippen molar-refractivity contribution in [3.8, 4) is 6.07 Å². The molecule has 6 nitrogen and oxygen atoms in total. The first kappa shape index (κ1) is 15.7. The van der Waals surface area contributed by atoms with Crippen LogP contribution in [0.4, 0.5) is 4.79 Å². The molecule has 0 radical (unpaired) electrons. The van der Waals surface area contributed by atoms with E-state index in [0.717, 1.165) is 7.05 Å². The number of carbonyl (C=O) groups is 1. The Kier molecular flexibility index (Phi) is 4.18. The second-order valence-corrected chi connectivity index (χ2v) is 7.59. The molecule has 17 heavy (non-hydrogen) atoms. The van der Waals surface area contributed by atoms with E-state index in [-0.39, 0.29) is 0 Å². The van der Waals surface area contributed by atoms with Crippen LogP contribution in [0.25, 0.3) is 0 Å². The summed E-state index contributed by atoms with van der Waals surface area (Å²) in [6.45, 7) is 7.33. The number of nitriles is 1. The molecule has 0 saturated heterocycles. The van der Waals surface area contributed by atoms with E-state index in [1.54, 1.807) is 26.8 Å². The van der Waals surface area contributed by atoms with Crippen LogP contribution in [-0.2, 0) is 14.8 Å². The van der Waals surface area contributed by atoms with Crippen LogP contribution in [0.5, 0.6) is 0 Å². The third-order valence-corrected chi connectivity index (χ3v) is 4.18. The quantitative estimate of drug-likeness (QED) is 0.752. The summed E-state index contributed by atoms with van der Waals surface area (Å²) < 4.78 is 27.5. The van der Waals surface area contributed by atoms with Gasteiger partial charge in [-0.15, -0.1) is 0 Å². The number of nitrogens with zero attached hydrogens (tertiary/aromatic N) is 2. The second-order valence-electron chi connectivity index (χ2n) is 5.07. The summed E-state index contributed by atoms with van der Waals surface area (Å²) >= 11 is 0. The minimum Gasteiger partial charge on any atom is -0.443 e. The molecule has 0 aromatic rings. The first-order chi connectivity index (χ1) is 7.35. The maximum atomic E-state index is 11.9. The number of rotatable bonds is 2. The van der Waals surface area contributed by atoms with Gasteiger partial charge in [0, 0.05) is 7.05 Å². The largest absolute Gasteiger partial charge is 0.443 e. The van der Waals surface area contributed by atoms with Crippen molar-refractivity contribution < 1.29 is 17.9 Å². The second kappa shape index (κ2) is 4.53. The van der Waals surface area contributed by atoms with Crippen LogP contribution in [0.1, 0.15) is 34.6 Å². The van der Waals surface area contributed by atoms with Gasteiger partial charge in [-0.25, -0.2) is 17.5 Å². The van der Waals surface area contributed by atoms with Gasteiger partial charge in [0.1, 0.15) is 5.60 Å². The molecule has 7 heteroatoms. The van der Waals surface area contributed by atoms with Gasteiger partial charge in [0.05, 0.1) is 6.07 Å². The highest BCUT2D eigenvalue weighted by atomic mass is 32.2. The Morgan fingerprint density at radius 1 is 1.24 bits per heavy atom. The lowest BCUT2D eigenvalue weighted by molar-refractivity contribution is 0.0418. The molecule has 0 heterocycles. The van der Waals surface area contributed by atoms with Gasteiger partial charge in [0.15, 0.2) is 4.75 Å². The van der Waals surface area contributed by atoms with E-state index in [4.69, 9.17) is 10.00 Å². The smallest absolute Gasteiger partial charge is 0.423 e. The van der Waals surface area contributed by atoms with Crippen LogP contribution < -0.4 is 0 Å². The summed E-state index contributed by atoms with van der Waals surface area (Å²) in [5.41, 5.74) is -0.794. The molecule has 0 spiro atoms. The van der Waals surface area contributed by atoms with Crippen LogP contribution >= 0.6 is 0 Å². The van der Waals surface area contributed by atoms with Gasteiger partial charge < -0.3 is 4.74 Å². The van der Waals surface area contributed by atoms with E-state index < -0.39 is 26.5 Å². The van der Waals surface area contributed by atoms with E-state index in [1.165, 1.54) is 13.8 Å². The first-order valence-corrected chi connectivity index (χ1v) is 6.42. The molecule has 98 valence electrons. The van der Waals surface area contributed by atoms with Gasteiger partial charge in [-0.1, -0.05) is 0 Å². The molecule has 1 amide bonds. The minimum atomic E-state index is -4.06. The SMILES string of the molecule is CN(C(=O)OC(C)(C)C)S(=O)(=O)C(C)(C)C#N. The van der Waals surface area contributed by atoms with E-state index in [9.17, 15) is 13.2 Å². The van der Waals surface area contributed by atoms with Crippen molar-refractivity contribution in [1.29, 1.82) is 5.26 Å². The van der Waals surface area contributed by atoms with E-state index >= 15 is 0 Å². The van der Waals surface area contributed by atoms with Crippen LogP contribution in [-0.4, -0.2) is 36.2 Å². The highest BCUT2D eigenvalue weighted by Crippen LogP contribution is 2.21. The lowest BCUT2D eigenvalue weighted by atomic mass is 10.2. The zero-order chi connectivity index (χ0) is 14.1. The van der Waals surface area contributed by atoms with Crippen LogP contribution in [0.2, 0.25) is 0 Å². The number of carbonyl (C=O) groups excluding carboxylic acids is 1. The van der Waals surface area contributed by atoms with Gasteiger partial charge in [-0.05, 0) is 34.6 Å². The van der Waals surface area contributed by atoms with Crippen LogP contribution in [0, 0.1) is 11.3 Å². The van der Waals surface area contributed by atoms with E-state index in [0.29, 0.717) is 4.31 Å². The lowest BCUT2D eigenvalue weighted by Crippen LogP contribution is -2.46. The molecule has 0 aliphatic carbocycles. The summed E-state index contributed by atoms with van der Waals surface area (Å²) in [6, 6.07) is 1.64. The standard InChI is InChI=1S/C10H18N2O4S/c1-9(2,3)16-8(13)12(6)17(14,15)10(4,5)7-11/h1-6H3. The average Bonchev–Trinajstić information content (AvgIpc) is 2.13. The predicted molar refractivity (Wildman–Crippen MR) is 62.6 cm³/mol. The number of amides is 1. The van der Waals surface area contributed by atoms with Crippen molar-refractivity contribution in [3.05, 3.63) is 0 Å². The fraction of sp³-hybridized carbons (Fsp3) is 0.800. The molecular formula is C10H18N2O4S. The van der Waals surface area contributed by atoms with Crippen molar-refractivity contribution in [3.63, 3.8) is 0 Å². The molecule has 0 aliphatic heterocycles. The van der Waals surface area contributed by atoms with Gasteiger partial charge in [-0.3, -0.25) is 0 Å². The van der Waals surface area contributed by atoms with Gasteiger partial charge in [0.25, 0.3) is 10.0 Å². The summed E-state index contributed by atoms with van der Waals surface area (Å²) in [7, 11) is -2.99. The van der Waals surface area contributed by atoms with Gasteiger partial charge in [-0.2, -0.15) is 5.26 Å². The highest BCUT2D eigenvalue weighted by Gasteiger charge is 2.41. The first-order valence-electron chi connectivity index (χ1n) is 4.98. The number of hydrogen-bond acceptors (Lipinski definition) is 5. The maximum absolute atomic E-state index is 11.9. The van der Waals surface area contributed by atoms with E-state index in [2.05, 4.69) is 0 Å². The Labute approximate surface area is 102 Å². The Morgan fingerprint density at radius 2 is 1.65 bits per heavy atom. The minimum absolute atomic E-state index is 0.460. The molecule has 0 N–H and O–H groups in total. The molecule has 0 rings (SSSR count). The summed E-state index contributed by atoms with van der Waals surface area (Å²) in [5.74, 6) is 0. The topological polar surface area (TPSA) is 87.5 Å². The Bertz CT molecular complexity index is 440. The Morgan fingerprint density at radius 3 is 1.94 bits per heavy atom. The fourth-order valence-corrected chi connectivity index (χ4v) is 1.86. The average molecular weight is 262 g/mol. The number of ether oxygens (including phenoxy) is 1. The Balaban J connectivity index is 5.16. The highest BCUT2D eigenvalue weighted by molar-refractivity contribution is 7.91. The zero-order valence-corrected chi connectivity index (χ0v) is 11.8. The van der Waals surface area contributed by atoms with Crippen LogP contribution in [0.3, 0.4) is 0 Å². The zero-order valence-electron chi connectivity index (χ0n) is 10.9. The Hall–Kier alpha value is -1.29. The van der Waals surface area contributed by atoms with Crippen molar-refractivity contribution in [2.24, 2.45) is 0 Å². The molecule has 0 bridgehead atoms. The third-order valence-electron chi connectivity index (χ3n) is 1.93. The molecule has 0 aromatic heterocycles. The fourth-order valence-electron chi connectivity index (χ4n) is 0.824. The normalized spacial score (nSPS) is 12.8. The maximum Gasteiger partial charge on any atom is 0.423 e. The van der Waals surface area contributed by atoms with Crippen molar-refractivity contribution >= 4 is 16.1 Å². The molecule has 0 aliphatic rings. The number of hydrogen-bond donors (Lipinski definition) is 0. The summed E-state index contributed by atoms with van der Waals surface area (Å²) in [6.07, 6.45) is -0.999. The molecule has 0 unspecified atom stereocenters. The van der Waals surface area contributed by atoms with Crippen molar-refractivity contribution in [2.45, 2.75) is 45.0 Å². The molecule has 0 fully saturated rings. The van der Waals surface area contributed by atoms with Crippen molar-refractivity contribution in [1.82, 2.24) is 4.31 Å². The number of sulfonamides is 1. The van der Waals surface area contributed by atoms with E-state index in [1.807, 2.05) is 0 Å². The lowest BCUT2D eigenvalue weighted by Gasteiger charge is -2.27. The van der Waals surface area contributed by atoms with Crippen LogP contribution in [0.15, 0.2) is 0 Å². The summed E-state index contributed by atoms with van der Waals surface area (Å²) in [5, 5.41) is 8.78. The van der Waals surface area contributed by atoms with Gasteiger partial charge in [0.2, 0.25) is 0 Å². The predicted octanol–water partition coefficient (Wildman–Crippen LogP) is 1.49. The van der Waals surface area contributed by atoms with Crippen molar-refractivity contribution in [2.75, 3.05) is 7.05 Å². The molecule has 0 saturated carbocycles. The van der Waals surface area contributed by atoms with Gasteiger partial charge >= 0.3 is 6.09 Å². The molecule has 0 aromatic carbocycles. The molecular weight excluding hydrogens is 244 g/mol. The monoisotopic (exact) mass is 262 g/mol. The third kappa shape index (κ3) is 3.60. The summed E-state index contributed by atoms with van der Waals surface area (Å²) in [4.78, 5) is 11.6.